The molecule has 0 aliphatic heterocycles. The number of hydrogen-bond donors (Lipinski definition) is 3. The Kier molecular flexibility index (Phi) is 11.0. The van der Waals surface area contributed by atoms with Crippen molar-refractivity contribution in [3.8, 4) is 0 Å². The van der Waals surface area contributed by atoms with Crippen LogP contribution in [-0.4, -0.2) is 63.1 Å². The zero-order valence-electron chi connectivity index (χ0n) is 28.1. The first-order valence-corrected chi connectivity index (χ1v) is 19.4. The molecule has 0 amide bonds. The standard InChI is InChI=1S/C19H28N4S.C17H24N4S.CH4/c1-12-4-9-16-15(10-12)17-18(20-11-21-19(17)24-16)22-13-5-7-14(8-6-13)23(2)3;1-10-2-7-14-13(8-10)15-16(19-9-20-17(15)22-14)21-12-5-3-11(18)4-6-12;/h11-14H,4-10H2,1-3H3,(H,20,21,22);9-12H,2-8,18H2,1H3,(H,19,20,21);1H4. The number of aryl methyl sites for hydroxylation is 2. The number of fused-ring (bicyclic) bond motifs is 6. The number of thiophene rings is 2. The maximum atomic E-state index is 6.02. The number of nitrogens with two attached hydrogens (primary N) is 1. The van der Waals surface area contributed by atoms with Crippen molar-refractivity contribution < 1.29 is 0 Å². The fraction of sp³-hybridized carbons (Fsp3) is 0.676. The van der Waals surface area contributed by atoms with Crippen LogP contribution in [0.2, 0.25) is 0 Å². The molecule has 0 spiro atoms. The molecule has 4 aromatic rings. The smallest absolute Gasteiger partial charge is 0.138 e. The molecule has 4 aliphatic rings. The summed E-state index contributed by atoms with van der Waals surface area (Å²) in [6.07, 6.45) is 20.4. The van der Waals surface area contributed by atoms with E-state index in [2.05, 4.69) is 63.4 Å². The van der Waals surface area contributed by atoms with Crippen molar-refractivity contribution in [1.29, 1.82) is 0 Å². The van der Waals surface area contributed by atoms with Crippen LogP contribution >= 0.6 is 22.7 Å². The second-order valence-electron chi connectivity index (χ2n) is 14.9. The van der Waals surface area contributed by atoms with Gasteiger partial charge in [-0.05, 0) is 127 Å². The molecule has 2 saturated carbocycles. The van der Waals surface area contributed by atoms with Crippen molar-refractivity contribution in [3.63, 3.8) is 0 Å². The summed E-state index contributed by atoms with van der Waals surface area (Å²) in [6.45, 7) is 4.72. The highest BCUT2D eigenvalue weighted by molar-refractivity contribution is 7.19. The predicted octanol–water partition coefficient (Wildman–Crippen LogP) is 8.23. The van der Waals surface area contributed by atoms with Crippen molar-refractivity contribution in [2.24, 2.45) is 17.6 Å². The zero-order valence-corrected chi connectivity index (χ0v) is 29.8. The molecule has 4 N–H and O–H groups in total. The molecule has 4 aliphatic carbocycles. The summed E-state index contributed by atoms with van der Waals surface area (Å²) >= 11 is 3.75. The minimum absolute atomic E-state index is 0. The topological polar surface area (TPSA) is 105 Å². The Labute approximate surface area is 289 Å². The van der Waals surface area contributed by atoms with Gasteiger partial charge in [0.25, 0.3) is 0 Å². The largest absolute Gasteiger partial charge is 0.367 e. The van der Waals surface area contributed by atoms with Gasteiger partial charge in [-0.25, -0.2) is 19.9 Å². The average Bonchev–Trinajstić information content (AvgIpc) is 3.61. The van der Waals surface area contributed by atoms with Gasteiger partial charge in [-0.3, -0.25) is 0 Å². The summed E-state index contributed by atoms with van der Waals surface area (Å²) in [5.41, 5.74) is 9.05. The first-order valence-electron chi connectivity index (χ1n) is 17.8. The molecular weight excluding hydrogens is 621 g/mol. The van der Waals surface area contributed by atoms with E-state index in [-0.39, 0.29) is 7.43 Å². The lowest BCUT2D eigenvalue weighted by atomic mass is 9.88. The summed E-state index contributed by atoms with van der Waals surface area (Å²) in [5, 5.41) is 10.1. The third-order valence-corrected chi connectivity index (χ3v) is 13.5. The van der Waals surface area contributed by atoms with E-state index in [1.165, 1.54) is 95.8 Å². The highest BCUT2D eigenvalue weighted by Gasteiger charge is 2.27. The van der Waals surface area contributed by atoms with E-state index in [4.69, 9.17) is 5.73 Å². The molecule has 8 rings (SSSR count). The lowest BCUT2D eigenvalue weighted by Crippen LogP contribution is -2.36. The maximum Gasteiger partial charge on any atom is 0.138 e. The van der Waals surface area contributed by atoms with E-state index < -0.39 is 0 Å². The fourth-order valence-electron chi connectivity index (χ4n) is 8.17. The minimum atomic E-state index is 0. The lowest BCUT2D eigenvalue weighted by molar-refractivity contribution is 0.221. The molecule has 2 unspecified atom stereocenters. The second kappa shape index (κ2) is 15.0. The van der Waals surface area contributed by atoms with E-state index in [1.54, 1.807) is 17.5 Å². The highest BCUT2D eigenvalue weighted by Crippen LogP contribution is 2.41. The van der Waals surface area contributed by atoms with Crippen molar-refractivity contribution in [1.82, 2.24) is 24.8 Å². The van der Waals surface area contributed by atoms with Gasteiger partial charge < -0.3 is 21.3 Å². The zero-order chi connectivity index (χ0) is 31.8. The van der Waals surface area contributed by atoms with E-state index in [0.29, 0.717) is 18.1 Å². The summed E-state index contributed by atoms with van der Waals surface area (Å²) < 4.78 is 0. The Morgan fingerprint density at radius 1 is 0.660 bits per heavy atom. The molecule has 8 nitrogen and oxygen atoms in total. The van der Waals surface area contributed by atoms with Gasteiger partial charge in [-0.1, -0.05) is 21.3 Å². The van der Waals surface area contributed by atoms with Gasteiger partial charge in [0.2, 0.25) is 0 Å². The molecule has 2 fully saturated rings. The van der Waals surface area contributed by atoms with Gasteiger partial charge >= 0.3 is 0 Å². The Morgan fingerprint density at radius 2 is 1.11 bits per heavy atom. The number of rotatable bonds is 5. The van der Waals surface area contributed by atoms with E-state index in [9.17, 15) is 0 Å². The van der Waals surface area contributed by atoms with Crippen LogP contribution in [0.4, 0.5) is 11.6 Å². The van der Waals surface area contributed by atoms with E-state index >= 15 is 0 Å². The molecule has 0 radical (unpaired) electrons. The van der Waals surface area contributed by atoms with Gasteiger partial charge in [0.1, 0.15) is 34.0 Å². The molecule has 0 bridgehead atoms. The van der Waals surface area contributed by atoms with Gasteiger partial charge in [0.05, 0.1) is 10.8 Å². The molecule has 0 saturated heterocycles. The third kappa shape index (κ3) is 7.61. The van der Waals surface area contributed by atoms with Crippen LogP contribution < -0.4 is 16.4 Å². The van der Waals surface area contributed by atoms with Crippen molar-refractivity contribution in [3.05, 3.63) is 33.5 Å². The molecule has 47 heavy (non-hydrogen) atoms. The van der Waals surface area contributed by atoms with Crippen LogP contribution in [0.5, 0.6) is 0 Å². The van der Waals surface area contributed by atoms with Gasteiger partial charge in [-0.2, -0.15) is 0 Å². The van der Waals surface area contributed by atoms with E-state index in [1.807, 2.05) is 22.7 Å². The summed E-state index contributed by atoms with van der Waals surface area (Å²) in [7, 11) is 4.40. The Bertz CT molecular complexity index is 1630. The van der Waals surface area contributed by atoms with Crippen LogP contribution in [0.1, 0.15) is 106 Å². The number of aromatic nitrogens is 4. The van der Waals surface area contributed by atoms with Gasteiger partial charge in [0, 0.05) is 33.9 Å². The summed E-state index contributed by atoms with van der Waals surface area (Å²) in [5.74, 6) is 3.68. The molecule has 10 heteroatoms. The van der Waals surface area contributed by atoms with Crippen LogP contribution in [0.15, 0.2) is 12.7 Å². The quantitative estimate of drug-likeness (QED) is 0.194. The number of hydrogen-bond acceptors (Lipinski definition) is 10. The fourth-order valence-corrected chi connectivity index (χ4v) is 10.5. The molecule has 2 atom stereocenters. The van der Waals surface area contributed by atoms with Crippen molar-refractivity contribution >= 4 is 54.7 Å². The van der Waals surface area contributed by atoms with Crippen LogP contribution in [-0.2, 0) is 25.7 Å². The molecular formula is C37H56N8S2. The van der Waals surface area contributed by atoms with Gasteiger partial charge in [-0.15, -0.1) is 22.7 Å². The maximum absolute atomic E-state index is 6.02. The second-order valence-corrected chi connectivity index (χ2v) is 17.0. The van der Waals surface area contributed by atoms with Gasteiger partial charge in [0.15, 0.2) is 0 Å². The first kappa shape index (κ1) is 34.5. The number of nitrogens with zero attached hydrogens (tertiary/aromatic N) is 5. The molecule has 256 valence electrons. The number of nitrogens with one attached hydrogen (secondary N) is 2. The highest BCUT2D eigenvalue weighted by atomic mass is 32.1. The first-order chi connectivity index (χ1) is 22.3. The molecule has 0 aromatic carbocycles. The average molecular weight is 677 g/mol. The van der Waals surface area contributed by atoms with Crippen molar-refractivity contribution in [2.45, 2.75) is 135 Å². The Hall–Kier alpha value is -2.40. The third-order valence-electron chi connectivity index (χ3n) is 11.1. The summed E-state index contributed by atoms with van der Waals surface area (Å²) in [4.78, 5) is 26.1. The van der Waals surface area contributed by atoms with Crippen LogP contribution in [0.3, 0.4) is 0 Å². The molecule has 4 aromatic heterocycles. The molecule has 4 heterocycles. The van der Waals surface area contributed by atoms with Crippen LogP contribution in [0.25, 0.3) is 20.4 Å². The van der Waals surface area contributed by atoms with Crippen LogP contribution in [0, 0.1) is 11.8 Å². The minimum Gasteiger partial charge on any atom is -0.367 e. The van der Waals surface area contributed by atoms with E-state index in [0.717, 1.165) is 60.0 Å². The lowest BCUT2D eigenvalue weighted by Gasteiger charge is -2.33. The Balaban J connectivity index is 0.000000161. The SMILES string of the molecule is C.CC1CCc2sc3ncnc(NC4CCC(N(C)C)CC4)c3c2C1.CC1CCc2sc3ncnc(NC4CCC(N)CC4)c3c2C1. The predicted molar refractivity (Wildman–Crippen MR) is 201 cm³/mol. The van der Waals surface area contributed by atoms with Crippen molar-refractivity contribution in [2.75, 3.05) is 24.7 Å². The summed E-state index contributed by atoms with van der Waals surface area (Å²) in [6, 6.07) is 2.19. The number of anilines is 2. The monoisotopic (exact) mass is 676 g/mol. The Morgan fingerprint density at radius 3 is 1.55 bits per heavy atom. The normalized spacial score (nSPS) is 27.4.